The number of hydrazone groups is 1. The average Bonchev–Trinajstić information content (AvgIpc) is 3.35. The van der Waals surface area contributed by atoms with Crippen molar-refractivity contribution in [1.82, 2.24) is 5.01 Å². The molecular formula is C35H34N4O6. The van der Waals surface area contributed by atoms with Crippen molar-refractivity contribution in [2.45, 2.75) is 38.1 Å². The predicted octanol–water partition coefficient (Wildman–Crippen LogP) is 6.67. The molecule has 1 fully saturated rings. The zero-order valence-electron chi connectivity index (χ0n) is 25.1. The Bertz CT molecular complexity index is 1760. The summed E-state index contributed by atoms with van der Waals surface area (Å²) in [5.41, 5.74) is 2.85. The van der Waals surface area contributed by atoms with E-state index in [9.17, 15) is 19.7 Å². The van der Waals surface area contributed by atoms with E-state index in [1.54, 1.807) is 13.2 Å². The number of hydrogen-bond acceptors (Lipinski definition) is 8. The molecule has 1 saturated heterocycles. The molecule has 4 aromatic rings. The fraction of sp³-hybridized carbons (Fsp3) is 0.286. The summed E-state index contributed by atoms with van der Waals surface area (Å²) in [6, 6.07) is 25.5. The van der Waals surface area contributed by atoms with E-state index in [1.807, 2.05) is 65.6 Å². The fourth-order valence-electron chi connectivity index (χ4n) is 6.02. The third kappa shape index (κ3) is 6.50. The summed E-state index contributed by atoms with van der Waals surface area (Å²) in [7, 11) is 1.59. The van der Waals surface area contributed by atoms with Gasteiger partial charge in [0.2, 0.25) is 0 Å². The number of benzene rings is 4. The number of ether oxygens (including phenoxy) is 2. The van der Waals surface area contributed by atoms with Crippen LogP contribution in [0.4, 0.5) is 11.4 Å². The number of carbonyl (C=O) groups is 2. The largest absolute Gasteiger partial charge is 0.497 e. The summed E-state index contributed by atoms with van der Waals surface area (Å²) in [6.45, 7) is 0.889. The molecule has 230 valence electrons. The minimum Gasteiger partial charge on any atom is -0.497 e. The Labute approximate surface area is 261 Å². The number of esters is 1. The molecular weight excluding hydrogens is 572 g/mol. The van der Waals surface area contributed by atoms with Crippen LogP contribution in [0.1, 0.15) is 59.6 Å². The monoisotopic (exact) mass is 606 g/mol. The summed E-state index contributed by atoms with van der Waals surface area (Å²) in [6.07, 6.45) is 4.57. The van der Waals surface area contributed by atoms with Crippen LogP contribution in [0.5, 0.6) is 5.75 Å². The Balaban J connectivity index is 1.22. The van der Waals surface area contributed by atoms with Crippen LogP contribution in [-0.4, -0.2) is 54.3 Å². The van der Waals surface area contributed by atoms with Crippen LogP contribution in [-0.2, 0) is 9.53 Å². The van der Waals surface area contributed by atoms with E-state index in [0.29, 0.717) is 17.9 Å². The maximum atomic E-state index is 13.5. The van der Waals surface area contributed by atoms with E-state index in [2.05, 4.69) is 6.07 Å². The molecule has 1 unspecified atom stereocenters. The third-order valence-electron chi connectivity index (χ3n) is 8.43. The standard InChI is InChI=1S/C35H34N4O6/c1-44-29-15-12-25(13-16-29)32-22-30(27-11-10-24-8-4-5-9-26(24)20-27)36-38(32)34(40)23-45-35(41)28-14-17-31(33(21-28)39(42)43)37-18-6-2-3-7-19-37/h4-5,8-17,20-21,32H,2-3,6-7,18-19,22-23H2,1H3. The van der Waals surface area contributed by atoms with Gasteiger partial charge in [-0.1, -0.05) is 61.4 Å². The van der Waals surface area contributed by atoms with E-state index in [-0.39, 0.29) is 11.3 Å². The molecule has 10 heteroatoms. The number of carbonyl (C=O) groups excluding carboxylic acids is 2. The molecule has 1 amide bonds. The van der Waals surface area contributed by atoms with Gasteiger partial charge in [-0.15, -0.1) is 0 Å². The summed E-state index contributed by atoms with van der Waals surface area (Å²) in [5.74, 6) is -0.626. The second-order valence-electron chi connectivity index (χ2n) is 11.3. The van der Waals surface area contributed by atoms with E-state index in [0.717, 1.165) is 66.4 Å². The van der Waals surface area contributed by atoms with Gasteiger partial charge in [0.1, 0.15) is 11.4 Å². The lowest BCUT2D eigenvalue weighted by atomic mass is 9.97. The van der Waals surface area contributed by atoms with Crippen molar-refractivity contribution in [3.8, 4) is 5.75 Å². The molecule has 45 heavy (non-hydrogen) atoms. The van der Waals surface area contributed by atoms with Crippen molar-refractivity contribution >= 4 is 39.7 Å². The van der Waals surface area contributed by atoms with Gasteiger partial charge in [-0.3, -0.25) is 14.9 Å². The molecule has 10 nitrogen and oxygen atoms in total. The first kappa shape index (κ1) is 29.8. The van der Waals surface area contributed by atoms with Crippen molar-refractivity contribution in [2.24, 2.45) is 5.10 Å². The normalized spacial score (nSPS) is 16.6. The minimum absolute atomic E-state index is 0.0153. The quantitative estimate of drug-likeness (QED) is 0.125. The fourth-order valence-corrected chi connectivity index (χ4v) is 6.02. The highest BCUT2D eigenvalue weighted by Gasteiger charge is 2.34. The Morgan fingerprint density at radius 3 is 2.36 bits per heavy atom. The maximum absolute atomic E-state index is 13.5. The van der Waals surface area contributed by atoms with Gasteiger partial charge >= 0.3 is 5.97 Å². The summed E-state index contributed by atoms with van der Waals surface area (Å²) >= 11 is 0. The second-order valence-corrected chi connectivity index (χ2v) is 11.3. The summed E-state index contributed by atoms with van der Waals surface area (Å²) in [4.78, 5) is 40.0. The zero-order valence-corrected chi connectivity index (χ0v) is 25.1. The molecule has 0 radical (unpaired) electrons. The molecule has 2 heterocycles. The van der Waals surface area contributed by atoms with Gasteiger partial charge in [-0.2, -0.15) is 5.10 Å². The first-order valence-corrected chi connectivity index (χ1v) is 15.1. The molecule has 2 aliphatic heterocycles. The molecule has 0 bridgehead atoms. The van der Waals surface area contributed by atoms with Crippen LogP contribution in [0, 0.1) is 10.1 Å². The van der Waals surface area contributed by atoms with Crippen molar-refractivity contribution in [3.05, 3.63) is 112 Å². The lowest BCUT2D eigenvalue weighted by Crippen LogP contribution is -2.31. The van der Waals surface area contributed by atoms with Crippen LogP contribution in [0.2, 0.25) is 0 Å². The highest BCUT2D eigenvalue weighted by atomic mass is 16.6. The van der Waals surface area contributed by atoms with E-state index < -0.39 is 29.4 Å². The van der Waals surface area contributed by atoms with Gasteiger partial charge in [-0.25, -0.2) is 9.80 Å². The van der Waals surface area contributed by atoms with Crippen LogP contribution in [0.25, 0.3) is 10.8 Å². The number of hydrogen-bond donors (Lipinski definition) is 0. The van der Waals surface area contributed by atoms with Crippen LogP contribution in [0.15, 0.2) is 90.0 Å². The SMILES string of the molecule is COc1ccc(C2CC(c3ccc4ccccc4c3)=NN2C(=O)COC(=O)c2ccc(N3CCCCCC3)c([N+](=O)[O-])c2)cc1. The first-order valence-electron chi connectivity index (χ1n) is 15.1. The van der Waals surface area contributed by atoms with Crippen LogP contribution in [0.3, 0.4) is 0 Å². The molecule has 1 atom stereocenters. The van der Waals surface area contributed by atoms with Gasteiger partial charge in [0.25, 0.3) is 11.6 Å². The topological polar surface area (TPSA) is 115 Å². The summed E-state index contributed by atoms with van der Waals surface area (Å²) < 4.78 is 10.7. The van der Waals surface area contributed by atoms with Gasteiger partial charge in [-0.05, 0) is 65.1 Å². The predicted molar refractivity (Wildman–Crippen MR) is 172 cm³/mol. The zero-order chi connectivity index (χ0) is 31.3. The highest BCUT2D eigenvalue weighted by molar-refractivity contribution is 6.05. The molecule has 0 saturated carbocycles. The summed E-state index contributed by atoms with van der Waals surface area (Å²) in [5, 5.41) is 20.2. The number of methoxy groups -OCH3 is 1. The number of rotatable bonds is 8. The number of nitrogens with zero attached hydrogens (tertiary/aromatic N) is 4. The third-order valence-corrected chi connectivity index (χ3v) is 8.43. The average molecular weight is 607 g/mol. The number of nitro benzene ring substituents is 1. The van der Waals surface area contributed by atoms with E-state index in [4.69, 9.17) is 14.6 Å². The second kappa shape index (κ2) is 13.2. The Morgan fingerprint density at radius 2 is 1.64 bits per heavy atom. The van der Waals surface area contributed by atoms with Gasteiger partial charge < -0.3 is 14.4 Å². The lowest BCUT2D eigenvalue weighted by Gasteiger charge is -2.23. The first-order chi connectivity index (χ1) is 21.9. The maximum Gasteiger partial charge on any atom is 0.338 e. The van der Waals surface area contributed by atoms with E-state index >= 15 is 0 Å². The Hall–Kier alpha value is -5.25. The van der Waals surface area contributed by atoms with Gasteiger partial charge in [0.15, 0.2) is 6.61 Å². The van der Waals surface area contributed by atoms with E-state index in [1.165, 1.54) is 17.1 Å². The van der Waals surface area contributed by atoms with Crippen molar-refractivity contribution in [3.63, 3.8) is 0 Å². The lowest BCUT2D eigenvalue weighted by molar-refractivity contribution is -0.384. The number of amides is 1. The highest BCUT2D eigenvalue weighted by Crippen LogP contribution is 2.35. The molecule has 4 aromatic carbocycles. The smallest absolute Gasteiger partial charge is 0.338 e. The molecule has 6 rings (SSSR count). The number of anilines is 1. The van der Waals surface area contributed by atoms with Crippen molar-refractivity contribution < 1.29 is 24.0 Å². The molecule has 2 aliphatic rings. The molecule has 0 N–H and O–H groups in total. The Morgan fingerprint density at radius 1 is 0.911 bits per heavy atom. The van der Waals surface area contributed by atoms with Gasteiger partial charge in [0, 0.05) is 25.6 Å². The van der Waals surface area contributed by atoms with Crippen molar-refractivity contribution in [1.29, 1.82) is 0 Å². The Kier molecular flexibility index (Phi) is 8.72. The number of nitro groups is 1. The van der Waals surface area contributed by atoms with Gasteiger partial charge in [0.05, 0.1) is 29.4 Å². The molecule has 0 spiro atoms. The minimum atomic E-state index is -0.812. The van der Waals surface area contributed by atoms with Crippen molar-refractivity contribution in [2.75, 3.05) is 31.7 Å². The molecule has 0 aromatic heterocycles. The number of fused-ring (bicyclic) bond motifs is 1. The molecule has 0 aliphatic carbocycles. The van der Waals surface area contributed by atoms with Crippen LogP contribution >= 0.6 is 0 Å². The van der Waals surface area contributed by atoms with Crippen LogP contribution < -0.4 is 9.64 Å².